The third-order valence-electron chi connectivity index (χ3n) is 9.45. The van der Waals surface area contributed by atoms with E-state index < -0.39 is 0 Å². The van der Waals surface area contributed by atoms with Gasteiger partial charge in [-0.3, -0.25) is 4.90 Å². The summed E-state index contributed by atoms with van der Waals surface area (Å²) in [5.41, 5.74) is 2.50. The van der Waals surface area contributed by atoms with Crippen molar-refractivity contribution in [3.63, 3.8) is 0 Å². The average Bonchev–Trinajstić information content (AvgIpc) is 3.04. The fourth-order valence-corrected chi connectivity index (χ4v) is 6.35. The Labute approximate surface area is 273 Å². The highest BCUT2D eigenvalue weighted by Gasteiger charge is 2.15. The molecule has 2 rings (SSSR count). The first-order valence-electron chi connectivity index (χ1n) is 19.0. The zero-order chi connectivity index (χ0) is 31.5. The fraction of sp³-hybridized carbons (Fsp3) is 0.800. The number of unbranched alkanes of at least 4 members (excludes halogenated alkanes) is 14. The van der Waals surface area contributed by atoms with Gasteiger partial charge in [0.2, 0.25) is 0 Å². The van der Waals surface area contributed by atoms with Crippen molar-refractivity contribution in [3.8, 4) is 17.6 Å². The lowest BCUT2D eigenvalue weighted by Gasteiger charge is -2.34. The van der Waals surface area contributed by atoms with Crippen LogP contribution in [-0.2, 0) is 6.42 Å². The van der Waals surface area contributed by atoms with Crippen LogP contribution in [0.25, 0.3) is 0 Å². The normalized spacial score (nSPS) is 14.8. The molecule has 0 aromatic heterocycles. The minimum absolute atomic E-state index is 0.265. The van der Waals surface area contributed by atoms with Gasteiger partial charge in [0, 0.05) is 44.7 Å². The Morgan fingerprint density at radius 3 is 1.89 bits per heavy atom. The Balaban J connectivity index is 1.77. The van der Waals surface area contributed by atoms with Crippen molar-refractivity contribution in [1.82, 2.24) is 9.80 Å². The lowest BCUT2D eigenvalue weighted by molar-refractivity contribution is 0.112. The third kappa shape index (κ3) is 19.1. The molecule has 0 radical (unpaired) electrons. The van der Waals surface area contributed by atoms with Crippen LogP contribution < -0.4 is 4.74 Å². The van der Waals surface area contributed by atoms with Gasteiger partial charge in [0.1, 0.15) is 5.75 Å². The van der Waals surface area contributed by atoms with Gasteiger partial charge in [-0.15, -0.1) is 0 Å². The van der Waals surface area contributed by atoms with Gasteiger partial charge in [0.25, 0.3) is 0 Å². The summed E-state index contributed by atoms with van der Waals surface area (Å²) in [6, 6.07) is 6.77. The van der Waals surface area contributed by atoms with Crippen molar-refractivity contribution < 1.29 is 9.84 Å². The van der Waals surface area contributed by atoms with Crippen LogP contribution in [0.4, 0.5) is 0 Å². The van der Waals surface area contributed by atoms with Crippen LogP contribution >= 0.6 is 0 Å². The second kappa shape index (κ2) is 26.7. The number of nitrogens with zero attached hydrogens (tertiary/aromatic N) is 2. The molecule has 1 heterocycles. The summed E-state index contributed by atoms with van der Waals surface area (Å²) in [5, 5.41) is 9.16. The summed E-state index contributed by atoms with van der Waals surface area (Å²) in [6.45, 7) is 14.2. The molecule has 0 amide bonds. The van der Waals surface area contributed by atoms with E-state index in [1.54, 1.807) is 0 Å². The summed E-state index contributed by atoms with van der Waals surface area (Å²) in [7, 11) is 0. The number of aryl methyl sites for hydroxylation is 1. The summed E-state index contributed by atoms with van der Waals surface area (Å²) in [4.78, 5) is 4.90. The summed E-state index contributed by atoms with van der Waals surface area (Å²) < 4.78 is 6.40. The number of hydrogen-bond acceptors (Lipinski definition) is 4. The van der Waals surface area contributed by atoms with E-state index in [0.29, 0.717) is 5.92 Å². The molecule has 1 aliphatic heterocycles. The molecule has 0 saturated carbocycles. The lowest BCUT2D eigenvalue weighted by atomic mass is 10.00. The van der Waals surface area contributed by atoms with Crippen molar-refractivity contribution >= 4 is 0 Å². The molecule has 0 bridgehead atoms. The van der Waals surface area contributed by atoms with Gasteiger partial charge in [-0.05, 0) is 61.9 Å². The Morgan fingerprint density at radius 2 is 1.30 bits per heavy atom. The fourth-order valence-electron chi connectivity index (χ4n) is 6.35. The van der Waals surface area contributed by atoms with Crippen molar-refractivity contribution in [3.05, 3.63) is 29.3 Å². The van der Waals surface area contributed by atoms with Gasteiger partial charge in [0.05, 0.1) is 13.2 Å². The minimum Gasteiger partial charge on any atom is -0.493 e. The smallest absolute Gasteiger partial charge is 0.120 e. The van der Waals surface area contributed by atoms with Crippen LogP contribution in [-0.4, -0.2) is 67.4 Å². The van der Waals surface area contributed by atoms with Gasteiger partial charge in [-0.25, -0.2) is 0 Å². The number of benzene rings is 1. The van der Waals surface area contributed by atoms with Gasteiger partial charge >= 0.3 is 0 Å². The zero-order valence-electron chi connectivity index (χ0n) is 29.4. The Bertz CT molecular complexity index is 868. The molecule has 0 aliphatic carbocycles. The number of hydrogen-bond donors (Lipinski definition) is 1. The SMILES string of the molecule is CCCCCCCCCCCCCCCc1cc(C#CCCCN2CCN(CCO)CC2)cc(OCC(CC)CCCC)c1. The van der Waals surface area contributed by atoms with E-state index in [2.05, 4.69) is 60.6 Å². The number of β-amino-alcohol motifs (C(OH)–C–C–N with tert-alkyl or cyclic N) is 1. The number of ether oxygens (including phenoxy) is 1. The second-order valence-electron chi connectivity index (χ2n) is 13.4. The van der Waals surface area contributed by atoms with E-state index in [-0.39, 0.29) is 6.61 Å². The molecule has 1 N–H and O–H groups in total. The highest BCUT2D eigenvalue weighted by Crippen LogP contribution is 2.22. The first-order valence-corrected chi connectivity index (χ1v) is 19.0. The standard InChI is InChI=1S/C40H70N2O2/c1-4-7-9-10-11-12-13-14-15-16-17-18-20-24-38-33-39(35-40(34-38)44-36-37(6-3)23-8-5-2)25-21-19-22-26-41-27-29-42(30-28-41)31-32-43/h33-35,37,43H,4-20,22-24,26-32,36H2,1-3H3. The monoisotopic (exact) mass is 611 g/mol. The van der Waals surface area contributed by atoms with Gasteiger partial charge in [-0.2, -0.15) is 0 Å². The van der Waals surface area contributed by atoms with E-state index in [9.17, 15) is 0 Å². The minimum atomic E-state index is 0.265. The van der Waals surface area contributed by atoms with Crippen LogP contribution in [0.15, 0.2) is 18.2 Å². The Morgan fingerprint density at radius 1 is 0.705 bits per heavy atom. The van der Waals surface area contributed by atoms with Crippen LogP contribution in [0.3, 0.4) is 0 Å². The van der Waals surface area contributed by atoms with Crippen molar-refractivity contribution in [1.29, 1.82) is 0 Å². The molecule has 1 fully saturated rings. The maximum absolute atomic E-state index is 9.16. The summed E-state index contributed by atoms with van der Waals surface area (Å²) in [5.74, 6) is 8.61. The molecule has 4 heteroatoms. The highest BCUT2D eigenvalue weighted by atomic mass is 16.5. The highest BCUT2D eigenvalue weighted by molar-refractivity contribution is 5.43. The molecule has 1 saturated heterocycles. The summed E-state index contributed by atoms with van der Waals surface area (Å²) in [6.07, 6.45) is 26.3. The number of aliphatic hydroxyl groups excluding tert-OH is 1. The Hall–Kier alpha value is -1.54. The van der Waals surface area contributed by atoms with Crippen LogP contribution in [0.1, 0.15) is 154 Å². The molecule has 0 spiro atoms. The molecule has 252 valence electrons. The number of aliphatic hydroxyl groups is 1. The van der Waals surface area contributed by atoms with Gasteiger partial charge in [-0.1, -0.05) is 129 Å². The zero-order valence-corrected chi connectivity index (χ0v) is 29.4. The van der Waals surface area contributed by atoms with Crippen molar-refractivity contribution in [2.75, 3.05) is 52.5 Å². The lowest BCUT2D eigenvalue weighted by Crippen LogP contribution is -2.47. The molecule has 1 aromatic carbocycles. The predicted molar refractivity (Wildman–Crippen MR) is 191 cm³/mol. The van der Waals surface area contributed by atoms with Crippen LogP contribution in [0, 0.1) is 17.8 Å². The van der Waals surface area contributed by atoms with Crippen molar-refractivity contribution in [2.45, 2.75) is 149 Å². The number of piperazine rings is 1. The quantitative estimate of drug-likeness (QED) is 0.0837. The maximum atomic E-state index is 9.16. The van der Waals surface area contributed by atoms with E-state index in [1.165, 1.54) is 115 Å². The van der Waals surface area contributed by atoms with E-state index in [1.807, 2.05) is 0 Å². The topological polar surface area (TPSA) is 35.9 Å². The van der Waals surface area contributed by atoms with E-state index in [4.69, 9.17) is 9.84 Å². The van der Waals surface area contributed by atoms with Gasteiger partial charge in [0.15, 0.2) is 0 Å². The molecular formula is C40H70N2O2. The van der Waals surface area contributed by atoms with Crippen LogP contribution in [0.5, 0.6) is 5.75 Å². The van der Waals surface area contributed by atoms with E-state index in [0.717, 1.165) is 76.5 Å². The molecule has 1 unspecified atom stereocenters. The third-order valence-corrected chi connectivity index (χ3v) is 9.45. The van der Waals surface area contributed by atoms with Crippen molar-refractivity contribution in [2.24, 2.45) is 5.92 Å². The summed E-state index contributed by atoms with van der Waals surface area (Å²) >= 11 is 0. The van der Waals surface area contributed by atoms with Crippen LogP contribution in [0.2, 0.25) is 0 Å². The number of rotatable bonds is 26. The second-order valence-corrected chi connectivity index (χ2v) is 13.4. The maximum Gasteiger partial charge on any atom is 0.120 e. The molecule has 44 heavy (non-hydrogen) atoms. The average molecular weight is 611 g/mol. The molecule has 1 aliphatic rings. The molecule has 1 atom stereocenters. The predicted octanol–water partition coefficient (Wildman–Crippen LogP) is 9.66. The van der Waals surface area contributed by atoms with E-state index >= 15 is 0 Å². The molecule has 1 aromatic rings. The first-order chi connectivity index (χ1) is 21.7. The molecular weight excluding hydrogens is 540 g/mol. The first kappa shape index (κ1) is 38.6. The molecule has 4 nitrogen and oxygen atoms in total. The largest absolute Gasteiger partial charge is 0.493 e. The Kier molecular flexibility index (Phi) is 23.4. The van der Waals surface area contributed by atoms with Gasteiger partial charge < -0.3 is 14.7 Å².